The third-order valence-corrected chi connectivity index (χ3v) is 7.55. The zero-order chi connectivity index (χ0) is 19.8. The van der Waals surface area contributed by atoms with Gasteiger partial charge in [0.1, 0.15) is 0 Å². The van der Waals surface area contributed by atoms with Gasteiger partial charge in [0, 0.05) is 16.6 Å². The van der Waals surface area contributed by atoms with Crippen molar-refractivity contribution in [2.45, 2.75) is 62.3 Å². The topological polar surface area (TPSA) is 44.4 Å². The fourth-order valence-electron chi connectivity index (χ4n) is 5.30. The number of rotatable bonds is 4. The Morgan fingerprint density at radius 1 is 1.00 bits per heavy atom. The third kappa shape index (κ3) is 3.78. The second-order valence-electron chi connectivity index (χ2n) is 8.60. The van der Waals surface area contributed by atoms with Gasteiger partial charge in [-0.1, -0.05) is 18.2 Å². The van der Waals surface area contributed by atoms with E-state index in [0.29, 0.717) is 6.04 Å². The number of fused-ring (bicyclic) bond motifs is 2. The van der Waals surface area contributed by atoms with E-state index in [1.54, 1.807) is 0 Å². The Kier molecular flexibility index (Phi) is 5.27. The molecule has 0 bridgehead atoms. The van der Waals surface area contributed by atoms with E-state index in [9.17, 15) is 4.79 Å². The Bertz CT molecular complexity index is 892. The minimum Gasteiger partial charge on any atom is -0.307 e. The van der Waals surface area contributed by atoms with Crippen LogP contribution in [0.3, 0.4) is 0 Å². The summed E-state index contributed by atoms with van der Waals surface area (Å²) >= 11 is 1.39. The van der Waals surface area contributed by atoms with Crippen LogP contribution in [-0.4, -0.2) is 24.5 Å². The second-order valence-corrected chi connectivity index (χ2v) is 9.48. The predicted octanol–water partition coefficient (Wildman–Crippen LogP) is 5.26. The van der Waals surface area contributed by atoms with Gasteiger partial charge in [-0.2, -0.15) is 0 Å². The SMILES string of the molecule is CN1CCCC1c1ccc(SNC(=O)Nc2c3c(cc4c2CCC4)CCC3)cc1. The van der Waals surface area contributed by atoms with Crippen molar-refractivity contribution in [1.82, 2.24) is 9.62 Å². The van der Waals surface area contributed by atoms with Crippen LogP contribution in [0.5, 0.6) is 0 Å². The molecule has 2 aromatic rings. The monoisotopic (exact) mass is 407 g/mol. The Hall–Kier alpha value is -1.98. The van der Waals surface area contributed by atoms with Crippen molar-refractivity contribution in [2.24, 2.45) is 0 Å². The predicted molar refractivity (Wildman–Crippen MR) is 120 cm³/mol. The highest BCUT2D eigenvalue weighted by molar-refractivity contribution is 7.98. The Morgan fingerprint density at radius 3 is 2.31 bits per heavy atom. The van der Waals surface area contributed by atoms with Gasteiger partial charge in [-0.15, -0.1) is 0 Å². The molecule has 0 saturated carbocycles. The van der Waals surface area contributed by atoms with Crippen LogP contribution < -0.4 is 10.0 Å². The number of aryl methyl sites for hydroxylation is 2. The van der Waals surface area contributed by atoms with Gasteiger partial charge in [-0.25, -0.2) is 4.79 Å². The van der Waals surface area contributed by atoms with Crippen LogP contribution in [0.2, 0.25) is 0 Å². The lowest BCUT2D eigenvalue weighted by atomic mass is 9.99. The van der Waals surface area contributed by atoms with Crippen LogP contribution in [-0.2, 0) is 25.7 Å². The Balaban J connectivity index is 1.23. The van der Waals surface area contributed by atoms with Crippen LogP contribution >= 0.6 is 11.9 Å². The molecule has 1 atom stereocenters. The number of hydrogen-bond acceptors (Lipinski definition) is 3. The molecule has 0 aromatic heterocycles. The summed E-state index contributed by atoms with van der Waals surface area (Å²) in [5.41, 5.74) is 8.10. The molecule has 2 N–H and O–H groups in total. The summed E-state index contributed by atoms with van der Waals surface area (Å²) in [7, 11) is 2.20. The lowest BCUT2D eigenvalue weighted by molar-refractivity contribution is 0.257. The molecule has 29 heavy (non-hydrogen) atoms. The van der Waals surface area contributed by atoms with E-state index in [1.807, 2.05) is 0 Å². The maximum atomic E-state index is 12.7. The quantitative estimate of drug-likeness (QED) is 0.680. The summed E-state index contributed by atoms with van der Waals surface area (Å²) in [5.74, 6) is 0. The average molecular weight is 408 g/mol. The summed E-state index contributed by atoms with van der Waals surface area (Å²) in [6.45, 7) is 1.18. The van der Waals surface area contributed by atoms with Gasteiger partial charge in [-0.3, -0.25) is 9.62 Å². The summed E-state index contributed by atoms with van der Waals surface area (Å²) in [4.78, 5) is 16.1. The summed E-state index contributed by atoms with van der Waals surface area (Å²) in [6, 6.07) is 11.4. The van der Waals surface area contributed by atoms with E-state index in [-0.39, 0.29) is 6.03 Å². The molecule has 2 aromatic carbocycles. The van der Waals surface area contributed by atoms with Crippen molar-refractivity contribution < 1.29 is 4.79 Å². The molecule has 0 spiro atoms. The lowest BCUT2D eigenvalue weighted by Gasteiger charge is -2.20. The number of amides is 2. The summed E-state index contributed by atoms with van der Waals surface area (Å²) in [5, 5.41) is 3.20. The van der Waals surface area contributed by atoms with Crippen LogP contribution in [0.4, 0.5) is 10.5 Å². The van der Waals surface area contributed by atoms with Crippen LogP contribution in [0.15, 0.2) is 35.2 Å². The molecule has 0 radical (unpaired) electrons. The number of urea groups is 1. The Morgan fingerprint density at radius 2 is 1.69 bits per heavy atom. The molecule has 3 aliphatic rings. The van der Waals surface area contributed by atoms with Crippen LogP contribution in [0.25, 0.3) is 0 Å². The second kappa shape index (κ2) is 8.04. The first-order valence-electron chi connectivity index (χ1n) is 10.9. The summed E-state index contributed by atoms with van der Waals surface area (Å²) in [6.07, 6.45) is 9.37. The van der Waals surface area contributed by atoms with Gasteiger partial charge in [-0.05, 0) is 117 Å². The first-order chi connectivity index (χ1) is 14.2. The van der Waals surface area contributed by atoms with E-state index in [1.165, 1.54) is 72.0 Å². The van der Waals surface area contributed by atoms with Crippen molar-refractivity contribution >= 4 is 23.7 Å². The minimum atomic E-state index is -0.121. The third-order valence-electron chi connectivity index (χ3n) is 6.76. The molecule has 2 aliphatic carbocycles. The average Bonchev–Trinajstić information content (AvgIpc) is 3.47. The van der Waals surface area contributed by atoms with Gasteiger partial charge in [0.05, 0.1) is 0 Å². The zero-order valence-electron chi connectivity index (χ0n) is 17.1. The minimum absolute atomic E-state index is 0.121. The molecule has 5 rings (SSSR count). The normalized spacial score (nSPS) is 20.5. The number of hydrogen-bond donors (Lipinski definition) is 2. The van der Waals surface area contributed by atoms with Gasteiger partial charge < -0.3 is 5.32 Å². The molecule has 1 unspecified atom stereocenters. The van der Waals surface area contributed by atoms with Crippen molar-refractivity contribution in [2.75, 3.05) is 18.9 Å². The highest BCUT2D eigenvalue weighted by atomic mass is 32.2. The van der Waals surface area contributed by atoms with E-state index < -0.39 is 0 Å². The fourth-order valence-corrected chi connectivity index (χ4v) is 5.83. The van der Waals surface area contributed by atoms with E-state index >= 15 is 0 Å². The van der Waals surface area contributed by atoms with Crippen molar-refractivity contribution in [1.29, 1.82) is 0 Å². The number of benzene rings is 2. The molecule has 1 fully saturated rings. The van der Waals surface area contributed by atoms with Crippen LogP contribution in [0, 0.1) is 0 Å². The van der Waals surface area contributed by atoms with Gasteiger partial charge in [0.2, 0.25) is 0 Å². The van der Waals surface area contributed by atoms with Crippen molar-refractivity contribution in [3.8, 4) is 0 Å². The molecule has 152 valence electrons. The largest absolute Gasteiger partial charge is 0.329 e. The molecule has 1 heterocycles. The van der Waals surface area contributed by atoms with Crippen molar-refractivity contribution in [3.05, 3.63) is 58.1 Å². The number of anilines is 1. The first-order valence-corrected chi connectivity index (χ1v) is 11.7. The number of carbonyl (C=O) groups is 1. The maximum absolute atomic E-state index is 12.7. The van der Waals surface area contributed by atoms with Gasteiger partial charge >= 0.3 is 6.03 Å². The highest BCUT2D eigenvalue weighted by Crippen LogP contribution is 2.38. The molecule has 1 aliphatic heterocycles. The lowest BCUT2D eigenvalue weighted by Crippen LogP contribution is -2.24. The molecular formula is C24H29N3OS. The smallest absolute Gasteiger partial charge is 0.307 e. The molecule has 5 heteroatoms. The van der Waals surface area contributed by atoms with E-state index in [2.05, 4.69) is 52.3 Å². The van der Waals surface area contributed by atoms with Gasteiger partial charge in [0.15, 0.2) is 0 Å². The van der Waals surface area contributed by atoms with E-state index in [4.69, 9.17) is 0 Å². The van der Waals surface area contributed by atoms with Crippen molar-refractivity contribution in [3.63, 3.8) is 0 Å². The fraction of sp³-hybridized carbons (Fsp3) is 0.458. The van der Waals surface area contributed by atoms with Crippen LogP contribution in [0.1, 0.15) is 59.5 Å². The number of nitrogens with one attached hydrogen (secondary N) is 2. The molecule has 2 amide bonds. The number of nitrogens with zero attached hydrogens (tertiary/aromatic N) is 1. The Labute approximate surface area is 177 Å². The van der Waals surface area contributed by atoms with E-state index in [0.717, 1.165) is 36.3 Å². The number of likely N-dealkylation sites (tertiary alicyclic amines) is 1. The molecule has 4 nitrogen and oxygen atoms in total. The zero-order valence-corrected chi connectivity index (χ0v) is 17.9. The number of carbonyl (C=O) groups excluding carboxylic acids is 1. The summed E-state index contributed by atoms with van der Waals surface area (Å²) < 4.78 is 2.98. The standard InChI is InChI=1S/C24H29N3OS/c1-27-14-4-9-22(27)16-10-12-19(13-11-16)29-26-24(28)25-23-20-7-2-5-17(20)15-18-6-3-8-21(18)23/h10-13,15,22H,2-9,14H2,1H3,(H2,25,26,28). The maximum Gasteiger partial charge on any atom is 0.329 e. The highest BCUT2D eigenvalue weighted by Gasteiger charge is 2.25. The molecular weight excluding hydrogens is 378 g/mol. The molecule has 1 saturated heterocycles. The first kappa shape index (κ1) is 19.0. The van der Waals surface area contributed by atoms with Gasteiger partial charge in [0.25, 0.3) is 0 Å².